The molecule has 0 spiro atoms. The van der Waals surface area contributed by atoms with E-state index in [2.05, 4.69) is 0 Å². The van der Waals surface area contributed by atoms with Gasteiger partial charge in [-0.1, -0.05) is 18.2 Å². The fourth-order valence-electron chi connectivity index (χ4n) is 4.40. The molecule has 5 rings (SSSR count). The van der Waals surface area contributed by atoms with Crippen LogP contribution in [0.1, 0.15) is 22.7 Å². The molecule has 1 saturated heterocycles. The van der Waals surface area contributed by atoms with Crippen molar-refractivity contribution in [2.75, 3.05) is 30.7 Å². The zero-order valence-corrected chi connectivity index (χ0v) is 19.7. The van der Waals surface area contributed by atoms with Crippen molar-refractivity contribution in [2.45, 2.75) is 12.2 Å². The van der Waals surface area contributed by atoms with Gasteiger partial charge < -0.3 is 19.5 Å². The van der Waals surface area contributed by atoms with Crippen LogP contribution in [0, 0.1) is 0 Å². The first-order chi connectivity index (χ1) is 17.6. The Hall–Kier alpha value is -4.47. The zero-order chi connectivity index (χ0) is 26.5. The number of hydrogen-bond acceptors (Lipinski definition) is 6. The van der Waals surface area contributed by atoms with E-state index in [4.69, 9.17) is 9.47 Å². The Morgan fingerprint density at radius 2 is 1.68 bits per heavy atom. The molecule has 0 radical (unpaired) electrons. The third-order valence-corrected chi connectivity index (χ3v) is 6.27. The number of hydrogen-bond donors (Lipinski definition) is 1. The molecule has 2 heterocycles. The molecule has 1 atom stereocenters. The number of rotatable bonds is 4. The fraction of sp³-hybridized carbons (Fsp3) is 0.185. The van der Waals surface area contributed by atoms with Crippen LogP contribution in [0.4, 0.5) is 24.5 Å². The van der Waals surface area contributed by atoms with Crippen LogP contribution in [0.15, 0.2) is 72.3 Å². The van der Waals surface area contributed by atoms with Crippen molar-refractivity contribution >= 4 is 28.8 Å². The number of Topliss-reactive ketones (excluding diaryl/α,β-unsaturated/α-hetero) is 1. The summed E-state index contributed by atoms with van der Waals surface area (Å²) < 4.78 is 51.0. The van der Waals surface area contributed by atoms with E-state index in [0.29, 0.717) is 17.1 Å². The third-order valence-electron chi connectivity index (χ3n) is 6.27. The first-order valence-corrected chi connectivity index (χ1v) is 11.2. The maximum atomic E-state index is 13.5. The molecule has 190 valence electrons. The molecule has 1 unspecified atom stereocenters. The molecule has 7 nitrogen and oxygen atoms in total. The summed E-state index contributed by atoms with van der Waals surface area (Å²) in [7, 11) is 3.67. The number of fused-ring (bicyclic) bond motifs is 1. The maximum absolute atomic E-state index is 13.5. The minimum Gasteiger partial charge on any atom is -0.507 e. The highest BCUT2D eigenvalue weighted by Crippen LogP contribution is 2.44. The van der Waals surface area contributed by atoms with Crippen molar-refractivity contribution in [1.29, 1.82) is 0 Å². The maximum Gasteiger partial charge on any atom is 0.416 e. The van der Waals surface area contributed by atoms with Gasteiger partial charge in [-0.05, 0) is 54.1 Å². The number of benzene rings is 3. The van der Waals surface area contributed by atoms with E-state index < -0.39 is 35.2 Å². The van der Waals surface area contributed by atoms with Gasteiger partial charge in [-0.2, -0.15) is 13.2 Å². The van der Waals surface area contributed by atoms with Gasteiger partial charge in [-0.3, -0.25) is 14.5 Å². The number of anilines is 2. The summed E-state index contributed by atoms with van der Waals surface area (Å²) in [4.78, 5) is 29.4. The van der Waals surface area contributed by atoms with Crippen LogP contribution in [0.25, 0.3) is 5.76 Å². The summed E-state index contributed by atoms with van der Waals surface area (Å²) in [6.07, 6.45) is -4.65. The summed E-state index contributed by atoms with van der Waals surface area (Å²) in [5.74, 6) is -1.75. The lowest BCUT2D eigenvalue weighted by molar-refractivity contribution is -0.137. The Bertz CT molecular complexity index is 1430. The smallest absolute Gasteiger partial charge is 0.416 e. The molecule has 0 bridgehead atoms. The number of ketones is 1. The second-order valence-electron chi connectivity index (χ2n) is 8.77. The van der Waals surface area contributed by atoms with Gasteiger partial charge in [0.1, 0.15) is 5.76 Å². The fourth-order valence-corrected chi connectivity index (χ4v) is 4.40. The minimum absolute atomic E-state index is 0.00227. The number of amides is 1. The van der Waals surface area contributed by atoms with Crippen LogP contribution < -0.4 is 19.3 Å². The van der Waals surface area contributed by atoms with Gasteiger partial charge in [-0.25, -0.2) is 0 Å². The second kappa shape index (κ2) is 8.88. The van der Waals surface area contributed by atoms with Crippen molar-refractivity contribution in [3.63, 3.8) is 0 Å². The molecule has 1 fully saturated rings. The molecule has 37 heavy (non-hydrogen) atoms. The summed E-state index contributed by atoms with van der Waals surface area (Å²) in [6.45, 7) is -0.00227. The Morgan fingerprint density at radius 3 is 2.35 bits per heavy atom. The minimum atomic E-state index is -4.65. The first-order valence-electron chi connectivity index (χ1n) is 11.2. The molecule has 1 amide bonds. The highest BCUT2D eigenvalue weighted by Gasteiger charge is 2.47. The van der Waals surface area contributed by atoms with Gasteiger partial charge in [0.25, 0.3) is 11.7 Å². The molecule has 10 heteroatoms. The Balaban J connectivity index is 1.69. The molecule has 3 aromatic carbocycles. The Kier molecular flexibility index (Phi) is 5.82. The predicted molar refractivity (Wildman–Crippen MR) is 130 cm³/mol. The molecular formula is C27H21F3N2O5. The van der Waals surface area contributed by atoms with Gasteiger partial charge in [0.15, 0.2) is 11.5 Å². The van der Waals surface area contributed by atoms with Crippen molar-refractivity contribution in [3.8, 4) is 11.5 Å². The molecule has 2 aliphatic heterocycles. The molecule has 0 saturated carbocycles. The quantitative estimate of drug-likeness (QED) is 0.298. The van der Waals surface area contributed by atoms with E-state index in [9.17, 15) is 27.9 Å². The molecule has 0 aromatic heterocycles. The number of nitrogens with zero attached hydrogens (tertiary/aromatic N) is 2. The van der Waals surface area contributed by atoms with Gasteiger partial charge >= 0.3 is 6.18 Å². The zero-order valence-electron chi connectivity index (χ0n) is 19.7. The van der Waals surface area contributed by atoms with Gasteiger partial charge in [0, 0.05) is 31.0 Å². The summed E-state index contributed by atoms with van der Waals surface area (Å²) in [5.41, 5.74) is 0.118. The predicted octanol–water partition coefficient (Wildman–Crippen LogP) is 5.13. The molecular weight excluding hydrogens is 489 g/mol. The van der Waals surface area contributed by atoms with Gasteiger partial charge in [-0.15, -0.1) is 0 Å². The number of carbonyl (C=O) groups excluding carboxylic acids is 2. The van der Waals surface area contributed by atoms with Gasteiger partial charge in [0.05, 0.1) is 17.2 Å². The lowest BCUT2D eigenvalue weighted by Crippen LogP contribution is -2.29. The van der Waals surface area contributed by atoms with Crippen molar-refractivity contribution in [3.05, 3.63) is 89.0 Å². The van der Waals surface area contributed by atoms with E-state index in [1.165, 1.54) is 24.3 Å². The van der Waals surface area contributed by atoms with Crippen LogP contribution in [-0.4, -0.2) is 37.7 Å². The topological polar surface area (TPSA) is 79.3 Å². The summed E-state index contributed by atoms with van der Waals surface area (Å²) in [6, 6.07) is 14.4. The highest BCUT2D eigenvalue weighted by atomic mass is 19.4. The first kappa shape index (κ1) is 24.2. The number of carbonyl (C=O) groups is 2. The standard InChI is InChI=1S/C27H21F3N2O5/c1-31(2)18-9-6-15(7-10-18)23-22(24(33)16-8-11-20-21(12-16)37-14-36-20)25(34)26(35)32(23)19-5-3-4-17(13-19)27(28,29)30/h3-13,23,33H,14H2,1-2H3/b24-22-. The number of aliphatic hydroxyl groups excluding tert-OH is 1. The molecule has 2 aliphatic rings. The van der Waals surface area contributed by atoms with E-state index >= 15 is 0 Å². The monoisotopic (exact) mass is 510 g/mol. The number of ether oxygens (including phenoxy) is 2. The molecule has 0 aliphatic carbocycles. The van der Waals surface area contributed by atoms with E-state index in [1.54, 1.807) is 30.3 Å². The number of halogens is 3. The Labute approximate surface area is 209 Å². The Morgan fingerprint density at radius 1 is 0.973 bits per heavy atom. The van der Waals surface area contributed by atoms with Crippen molar-refractivity contribution in [1.82, 2.24) is 0 Å². The molecule has 3 aromatic rings. The van der Waals surface area contributed by atoms with Crippen LogP contribution in [0.2, 0.25) is 0 Å². The largest absolute Gasteiger partial charge is 0.507 e. The van der Waals surface area contributed by atoms with Crippen LogP contribution in [-0.2, 0) is 15.8 Å². The van der Waals surface area contributed by atoms with Crippen molar-refractivity contribution in [2.24, 2.45) is 0 Å². The lowest BCUT2D eigenvalue weighted by Gasteiger charge is -2.26. The average molecular weight is 510 g/mol. The van der Waals surface area contributed by atoms with Crippen LogP contribution >= 0.6 is 0 Å². The summed E-state index contributed by atoms with van der Waals surface area (Å²) >= 11 is 0. The lowest BCUT2D eigenvalue weighted by atomic mass is 9.94. The number of aliphatic hydroxyl groups is 1. The molecule has 1 N–H and O–H groups in total. The van der Waals surface area contributed by atoms with Crippen LogP contribution in [0.3, 0.4) is 0 Å². The number of alkyl halides is 3. The normalized spacial score (nSPS) is 18.4. The van der Waals surface area contributed by atoms with Crippen LogP contribution in [0.5, 0.6) is 11.5 Å². The second-order valence-corrected chi connectivity index (χ2v) is 8.77. The highest BCUT2D eigenvalue weighted by molar-refractivity contribution is 6.51. The van der Waals surface area contributed by atoms with E-state index in [0.717, 1.165) is 22.7 Å². The third kappa shape index (κ3) is 4.24. The van der Waals surface area contributed by atoms with E-state index in [1.807, 2.05) is 19.0 Å². The SMILES string of the molecule is CN(C)c1ccc(C2/C(=C(/O)c3ccc4c(c3)OCO4)C(=O)C(=O)N2c2cccc(C(F)(F)F)c2)cc1. The summed E-state index contributed by atoms with van der Waals surface area (Å²) in [5, 5.41) is 11.3. The van der Waals surface area contributed by atoms with Crippen molar-refractivity contribution < 1.29 is 37.3 Å². The van der Waals surface area contributed by atoms with E-state index in [-0.39, 0.29) is 23.6 Å². The van der Waals surface area contributed by atoms with Gasteiger partial charge in [0.2, 0.25) is 6.79 Å². The average Bonchev–Trinajstić information content (AvgIpc) is 3.45.